The normalized spacial score (nSPS) is 18.3. The van der Waals surface area contributed by atoms with Crippen LogP contribution < -0.4 is 15.0 Å². The number of aliphatic hydroxyl groups excluding tert-OH is 1. The first-order chi connectivity index (χ1) is 14.6. The van der Waals surface area contributed by atoms with Gasteiger partial charge in [-0.05, 0) is 67.4 Å². The second-order valence-corrected chi connectivity index (χ2v) is 8.39. The zero-order valence-corrected chi connectivity index (χ0v) is 17.8. The summed E-state index contributed by atoms with van der Waals surface area (Å²) in [5.41, 5.74) is 3.12. The molecule has 1 amide bonds. The molecule has 2 aliphatic rings. The highest BCUT2D eigenvalue weighted by Gasteiger charge is 2.19. The fraction of sp³-hybridized carbons (Fsp3) is 0.435. The summed E-state index contributed by atoms with van der Waals surface area (Å²) in [5.74, 6) is 0.785. The zero-order chi connectivity index (χ0) is 20.9. The third-order valence-corrected chi connectivity index (χ3v) is 5.92. The van der Waals surface area contributed by atoms with E-state index in [1.807, 2.05) is 30.3 Å². The highest BCUT2D eigenvalue weighted by Crippen LogP contribution is 2.27. The number of nitrogens with zero attached hydrogens (tertiary/aromatic N) is 2. The van der Waals surface area contributed by atoms with Crippen LogP contribution in [0.1, 0.15) is 18.4 Å². The first-order valence-corrected chi connectivity index (χ1v) is 10.9. The van der Waals surface area contributed by atoms with Crippen LogP contribution in [0.4, 0.5) is 11.4 Å². The van der Waals surface area contributed by atoms with Crippen molar-refractivity contribution in [3.8, 4) is 5.75 Å². The van der Waals surface area contributed by atoms with Gasteiger partial charge in [-0.2, -0.15) is 0 Å². The highest BCUT2D eigenvalue weighted by molar-refractivity contribution is 6.30. The number of anilines is 2. The fourth-order valence-corrected chi connectivity index (χ4v) is 4.18. The van der Waals surface area contributed by atoms with Crippen LogP contribution in [-0.2, 0) is 11.2 Å². The Morgan fingerprint density at radius 1 is 1.07 bits per heavy atom. The number of hydrogen-bond donors (Lipinski definition) is 2. The highest BCUT2D eigenvalue weighted by atomic mass is 35.5. The van der Waals surface area contributed by atoms with Crippen LogP contribution in [0.5, 0.6) is 5.75 Å². The number of amides is 1. The SMILES string of the molecule is O=C1CCc2cc(OCC(O)CN3CCCN(c4ccc(Cl)cc4)CC3)ccc2N1. The lowest BCUT2D eigenvalue weighted by molar-refractivity contribution is -0.116. The second-order valence-electron chi connectivity index (χ2n) is 7.95. The minimum absolute atomic E-state index is 0.0543. The number of aryl methyl sites for hydroxylation is 1. The van der Waals surface area contributed by atoms with Crippen LogP contribution in [0.2, 0.25) is 5.02 Å². The van der Waals surface area contributed by atoms with E-state index in [0.717, 1.165) is 61.0 Å². The number of rotatable bonds is 6. The van der Waals surface area contributed by atoms with Crippen LogP contribution in [0.3, 0.4) is 0 Å². The molecule has 2 aliphatic heterocycles. The predicted molar refractivity (Wildman–Crippen MR) is 120 cm³/mol. The van der Waals surface area contributed by atoms with Crippen LogP contribution in [0.15, 0.2) is 42.5 Å². The zero-order valence-electron chi connectivity index (χ0n) is 17.0. The van der Waals surface area contributed by atoms with Crippen molar-refractivity contribution in [1.29, 1.82) is 0 Å². The molecule has 0 saturated carbocycles. The van der Waals surface area contributed by atoms with E-state index in [1.165, 1.54) is 5.69 Å². The monoisotopic (exact) mass is 429 g/mol. The minimum Gasteiger partial charge on any atom is -0.491 e. The number of aliphatic hydroxyl groups is 1. The van der Waals surface area contributed by atoms with Crippen molar-refractivity contribution in [3.05, 3.63) is 53.1 Å². The molecule has 4 rings (SSSR count). The third-order valence-electron chi connectivity index (χ3n) is 5.66. The number of β-amino-alcohol motifs (C(OH)–C–C–N with tert-alkyl or cyclic N) is 1. The minimum atomic E-state index is -0.553. The number of carbonyl (C=O) groups excluding carboxylic acids is 1. The van der Waals surface area contributed by atoms with Crippen LogP contribution in [0.25, 0.3) is 0 Å². The number of nitrogens with one attached hydrogen (secondary N) is 1. The van der Waals surface area contributed by atoms with Gasteiger partial charge in [0.05, 0.1) is 0 Å². The van der Waals surface area contributed by atoms with Gasteiger partial charge in [-0.1, -0.05) is 11.6 Å². The standard InChI is InChI=1S/C23H28ClN3O3/c24-18-3-5-19(6-4-18)27-11-1-10-26(12-13-27)15-20(28)16-30-21-7-8-22-17(14-21)2-9-23(29)25-22/h3-8,14,20,28H,1-2,9-13,15-16H2,(H,25,29). The van der Waals surface area contributed by atoms with E-state index in [0.29, 0.717) is 13.0 Å². The molecule has 1 fully saturated rings. The molecule has 1 atom stereocenters. The van der Waals surface area contributed by atoms with Gasteiger partial charge in [-0.3, -0.25) is 9.69 Å². The first-order valence-electron chi connectivity index (χ1n) is 10.5. The molecule has 0 spiro atoms. The summed E-state index contributed by atoms with van der Waals surface area (Å²) >= 11 is 5.99. The van der Waals surface area contributed by atoms with Crippen molar-refractivity contribution in [2.75, 3.05) is 49.5 Å². The largest absolute Gasteiger partial charge is 0.491 e. The van der Waals surface area contributed by atoms with Crippen molar-refractivity contribution < 1.29 is 14.6 Å². The van der Waals surface area contributed by atoms with Gasteiger partial charge in [0.2, 0.25) is 5.91 Å². The van der Waals surface area contributed by atoms with Crippen LogP contribution in [0, 0.1) is 0 Å². The predicted octanol–water partition coefficient (Wildman–Crippen LogP) is 3.18. The van der Waals surface area contributed by atoms with Gasteiger partial charge < -0.3 is 20.1 Å². The van der Waals surface area contributed by atoms with E-state index >= 15 is 0 Å². The molecule has 0 radical (unpaired) electrons. The topological polar surface area (TPSA) is 65.0 Å². The van der Waals surface area contributed by atoms with Gasteiger partial charge in [0.15, 0.2) is 0 Å². The second kappa shape index (κ2) is 9.69. The number of hydrogen-bond acceptors (Lipinski definition) is 5. The van der Waals surface area contributed by atoms with Gasteiger partial charge in [-0.15, -0.1) is 0 Å². The molecular weight excluding hydrogens is 402 g/mol. The summed E-state index contributed by atoms with van der Waals surface area (Å²) < 4.78 is 5.82. The lowest BCUT2D eigenvalue weighted by atomic mass is 10.0. The Bertz CT molecular complexity index is 874. The molecule has 7 heteroatoms. The lowest BCUT2D eigenvalue weighted by Gasteiger charge is -2.25. The number of halogens is 1. The molecule has 2 N–H and O–H groups in total. The Morgan fingerprint density at radius 2 is 1.90 bits per heavy atom. The Labute approximate surface area is 182 Å². The molecule has 2 aromatic carbocycles. The lowest BCUT2D eigenvalue weighted by Crippen LogP contribution is -2.38. The van der Waals surface area contributed by atoms with E-state index in [9.17, 15) is 9.90 Å². The van der Waals surface area contributed by atoms with Gasteiger partial charge in [-0.25, -0.2) is 0 Å². The van der Waals surface area contributed by atoms with Gasteiger partial charge >= 0.3 is 0 Å². The molecule has 1 unspecified atom stereocenters. The van der Waals surface area contributed by atoms with E-state index in [4.69, 9.17) is 16.3 Å². The molecule has 0 aliphatic carbocycles. The smallest absolute Gasteiger partial charge is 0.224 e. The van der Waals surface area contributed by atoms with E-state index in [2.05, 4.69) is 27.2 Å². The average molecular weight is 430 g/mol. The van der Waals surface area contributed by atoms with E-state index in [-0.39, 0.29) is 12.5 Å². The Kier molecular flexibility index (Phi) is 6.77. The molecule has 0 aromatic heterocycles. The third kappa shape index (κ3) is 5.45. The van der Waals surface area contributed by atoms with Crippen molar-refractivity contribution in [1.82, 2.24) is 4.90 Å². The maximum Gasteiger partial charge on any atom is 0.224 e. The maximum absolute atomic E-state index is 11.5. The van der Waals surface area contributed by atoms with Crippen molar-refractivity contribution in [2.45, 2.75) is 25.4 Å². The number of carbonyl (C=O) groups is 1. The summed E-state index contributed by atoms with van der Waals surface area (Å²) in [4.78, 5) is 16.1. The molecule has 2 heterocycles. The van der Waals surface area contributed by atoms with Crippen LogP contribution >= 0.6 is 11.6 Å². The van der Waals surface area contributed by atoms with Crippen molar-refractivity contribution >= 4 is 28.9 Å². The molecule has 0 bridgehead atoms. The molecule has 1 saturated heterocycles. The summed E-state index contributed by atoms with van der Waals surface area (Å²) in [5, 5.41) is 14.1. The summed E-state index contributed by atoms with van der Waals surface area (Å²) in [6.07, 6.45) is 1.72. The summed E-state index contributed by atoms with van der Waals surface area (Å²) in [7, 11) is 0. The molecular formula is C23H28ClN3O3. The summed E-state index contributed by atoms with van der Waals surface area (Å²) in [6, 6.07) is 13.6. The van der Waals surface area contributed by atoms with Crippen LogP contribution in [-0.4, -0.2) is 61.3 Å². The van der Waals surface area contributed by atoms with Crippen molar-refractivity contribution in [3.63, 3.8) is 0 Å². The number of fused-ring (bicyclic) bond motifs is 1. The van der Waals surface area contributed by atoms with Gasteiger partial charge in [0.1, 0.15) is 18.5 Å². The Morgan fingerprint density at radius 3 is 2.73 bits per heavy atom. The summed E-state index contributed by atoms with van der Waals surface area (Å²) in [6.45, 7) is 4.62. The Balaban J connectivity index is 1.25. The first kappa shape index (κ1) is 21.0. The Hall–Kier alpha value is -2.28. The molecule has 2 aromatic rings. The number of ether oxygens (including phenoxy) is 1. The average Bonchev–Trinajstić information content (AvgIpc) is 2.98. The van der Waals surface area contributed by atoms with Gasteiger partial charge in [0, 0.05) is 49.0 Å². The van der Waals surface area contributed by atoms with E-state index in [1.54, 1.807) is 0 Å². The molecule has 160 valence electrons. The van der Waals surface area contributed by atoms with Crippen molar-refractivity contribution in [2.24, 2.45) is 0 Å². The molecule has 6 nitrogen and oxygen atoms in total. The van der Waals surface area contributed by atoms with E-state index < -0.39 is 6.10 Å². The fourth-order valence-electron chi connectivity index (χ4n) is 4.06. The quantitative estimate of drug-likeness (QED) is 0.738. The molecule has 30 heavy (non-hydrogen) atoms. The maximum atomic E-state index is 11.5. The number of benzene rings is 2. The van der Waals surface area contributed by atoms with Gasteiger partial charge in [0.25, 0.3) is 0 Å².